The molecule has 0 unspecified atom stereocenters. The lowest BCUT2D eigenvalue weighted by atomic mass is 9.97. The minimum atomic E-state index is -0.563. The molecule has 20 heavy (non-hydrogen) atoms. The van der Waals surface area contributed by atoms with Gasteiger partial charge in [0, 0.05) is 0 Å². The van der Waals surface area contributed by atoms with Gasteiger partial charge in [0.2, 0.25) is 0 Å². The molecule has 0 heterocycles. The van der Waals surface area contributed by atoms with Gasteiger partial charge in [-0.05, 0) is 51.3 Å². The minimum absolute atomic E-state index is 0.367. The lowest BCUT2D eigenvalue weighted by Gasteiger charge is -2.20. The molecule has 1 aliphatic carbocycles. The van der Waals surface area contributed by atoms with Gasteiger partial charge in [-0.2, -0.15) is 0 Å². The van der Waals surface area contributed by atoms with Gasteiger partial charge in [0.05, 0.1) is 16.1 Å². The molecule has 0 saturated heterocycles. The van der Waals surface area contributed by atoms with Crippen molar-refractivity contribution in [2.75, 3.05) is 5.32 Å². The lowest BCUT2D eigenvalue weighted by molar-refractivity contribution is -0.109. The molecule has 5 heteroatoms. The molecule has 2 rings (SSSR count). The van der Waals surface area contributed by atoms with Crippen molar-refractivity contribution in [1.29, 1.82) is 0 Å². The highest BCUT2D eigenvalue weighted by Gasteiger charge is 2.44. The Morgan fingerprint density at radius 1 is 1.40 bits per heavy atom. The average molecular weight is 296 g/mol. The van der Waals surface area contributed by atoms with Crippen LogP contribution in [-0.4, -0.2) is 18.0 Å². The molecule has 1 aromatic rings. The van der Waals surface area contributed by atoms with E-state index in [4.69, 9.17) is 16.3 Å². The first kappa shape index (κ1) is 14.9. The molecular weight excluding hydrogens is 278 g/mol. The number of benzene rings is 1. The standard InChI is InChI=1S/C15H18ClNO3/c1-14(2,3)20-13(19)17-12-5-4-10(8-11(12)16)15(9-18)6-7-15/h4-5,8-9H,6-7H2,1-3H3,(H,17,19). The van der Waals surface area contributed by atoms with Crippen LogP contribution in [0, 0.1) is 0 Å². The van der Waals surface area contributed by atoms with Gasteiger partial charge in [-0.1, -0.05) is 17.7 Å². The molecule has 1 N–H and O–H groups in total. The van der Waals surface area contributed by atoms with Crippen molar-refractivity contribution in [2.45, 2.75) is 44.6 Å². The summed E-state index contributed by atoms with van der Waals surface area (Å²) in [6.45, 7) is 5.37. The van der Waals surface area contributed by atoms with Crippen LogP contribution < -0.4 is 5.32 Å². The Morgan fingerprint density at radius 2 is 2.05 bits per heavy atom. The number of hydrogen-bond donors (Lipinski definition) is 1. The molecule has 1 aliphatic rings. The van der Waals surface area contributed by atoms with E-state index in [-0.39, 0.29) is 5.41 Å². The zero-order valence-corrected chi connectivity index (χ0v) is 12.6. The second-order valence-corrected chi connectivity index (χ2v) is 6.50. The van der Waals surface area contributed by atoms with Gasteiger partial charge < -0.3 is 9.53 Å². The number of nitrogens with one attached hydrogen (secondary N) is 1. The maximum atomic E-state index is 11.7. The molecule has 1 saturated carbocycles. The molecule has 0 aromatic heterocycles. The van der Waals surface area contributed by atoms with E-state index >= 15 is 0 Å². The van der Waals surface area contributed by atoms with Gasteiger partial charge in [0.15, 0.2) is 0 Å². The largest absolute Gasteiger partial charge is 0.444 e. The second kappa shape index (κ2) is 5.09. The van der Waals surface area contributed by atoms with E-state index in [9.17, 15) is 9.59 Å². The highest BCUT2D eigenvalue weighted by atomic mass is 35.5. The number of amides is 1. The minimum Gasteiger partial charge on any atom is -0.444 e. The number of aldehydes is 1. The van der Waals surface area contributed by atoms with Crippen molar-refractivity contribution in [2.24, 2.45) is 0 Å². The fourth-order valence-corrected chi connectivity index (χ4v) is 2.18. The molecule has 0 spiro atoms. The van der Waals surface area contributed by atoms with Crippen molar-refractivity contribution < 1.29 is 14.3 Å². The number of carbonyl (C=O) groups excluding carboxylic acids is 2. The lowest BCUT2D eigenvalue weighted by Crippen LogP contribution is -2.27. The second-order valence-electron chi connectivity index (χ2n) is 6.10. The maximum absolute atomic E-state index is 11.7. The third-order valence-electron chi connectivity index (χ3n) is 3.19. The monoisotopic (exact) mass is 295 g/mol. The molecule has 108 valence electrons. The van der Waals surface area contributed by atoms with Crippen LogP contribution >= 0.6 is 11.6 Å². The zero-order chi connectivity index (χ0) is 15.0. The van der Waals surface area contributed by atoms with Gasteiger partial charge in [0.1, 0.15) is 11.9 Å². The summed E-state index contributed by atoms with van der Waals surface area (Å²) in [6, 6.07) is 5.25. The van der Waals surface area contributed by atoms with Crippen LogP contribution in [0.5, 0.6) is 0 Å². The van der Waals surface area contributed by atoms with Gasteiger partial charge in [-0.3, -0.25) is 5.32 Å². The molecular formula is C15H18ClNO3. The summed E-state index contributed by atoms with van der Waals surface area (Å²) in [5, 5.41) is 3.01. The van der Waals surface area contributed by atoms with E-state index in [0.29, 0.717) is 10.7 Å². The van der Waals surface area contributed by atoms with Gasteiger partial charge in [-0.15, -0.1) is 0 Å². The van der Waals surface area contributed by atoms with E-state index in [0.717, 1.165) is 24.7 Å². The summed E-state index contributed by atoms with van der Waals surface area (Å²) in [5.74, 6) is 0. The molecule has 0 atom stereocenters. The topological polar surface area (TPSA) is 55.4 Å². The van der Waals surface area contributed by atoms with Crippen LogP contribution in [0.4, 0.5) is 10.5 Å². The fourth-order valence-electron chi connectivity index (χ4n) is 1.95. The number of carbonyl (C=O) groups is 2. The van der Waals surface area contributed by atoms with E-state index in [2.05, 4.69) is 5.32 Å². The SMILES string of the molecule is CC(C)(C)OC(=O)Nc1ccc(C2(C=O)CC2)cc1Cl. The van der Waals surface area contributed by atoms with Crippen LogP contribution in [0.1, 0.15) is 39.2 Å². The summed E-state index contributed by atoms with van der Waals surface area (Å²) in [7, 11) is 0. The number of halogens is 1. The Bertz CT molecular complexity index is 545. The number of anilines is 1. The first-order chi connectivity index (χ1) is 9.26. The number of rotatable bonds is 3. The summed E-state index contributed by atoms with van der Waals surface area (Å²) in [5.41, 5.74) is 0.443. The summed E-state index contributed by atoms with van der Waals surface area (Å²) < 4.78 is 5.16. The van der Waals surface area contributed by atoms with Crippen molar-refractivity contribution in [3.8, 4) is 0 Å². The Labute approximate surface area is 123 Å². The molecule has 0 bridgehead atoms. The highest BCUT2D eigenvalue weighted by Crippen LogP contribution is 2.47. The Kier molecular flexibility index (Phi) is 3.78. The Morgan fingerprint density at radius 3 is 2.50 bits per heavy atom. The summed E-state index contributed by atoms with van der Waals surface area (Å²) >= 11 is 6.15. The van der Waals surface area contributed by atoms with E-state index < -0.39 is 11.7 Å². The third kappa shape index (κ3) is 3.31. The number of hydrogen-bond acceptors (Lipinski definition) is 3. The molecule has 1 aromatic carbocycles. The average Bonchev–Trinajstić information content (AvgIpc) is 3.10. The zero-order valence-electron chi connectivity index (χ0n) is 11.8. The van der Waals surface area contributed by atoms with Crippen molar-refractivity contribution in [3.05, 3.63) is 28.8 Å². The van der Waals surface area contributed by atoms with Gasteiger partial charge >= 0.3 is 6.09 Å². The van der Waals surface area contributed by atoms with E-state index in [1.165, 1.54) is 0 Å². The quantitative estimate of drug-likeness (QED) is 0.860. The van der Waals surface area contributed by atoms with Crippen LogP contribution in [-0.2, 0) is 14.9 Å². The smallest absolute Gasteiger partial charge is 0.412 e. The summed E-state index contributed by atoms with van der Waals surface area (Å²) in [6.07, 6.45) is 2.13. The van der Waals surface area contributed by atoms with Crippen molar-refractivity contribution in [1.82, 2.24) is 0 Å². The highest BCUT2D eigenvalue weighted by molar-refractivity contribution is 6.33. The fraction of sp³-hybridized carbons (Fsp3) is 0.467. The molecule has 1 amide bonds. The van der Waals surface area contributed by atoms with E-state index in [1.807, 2.05) is 6.07 Å². The maximum Gasteiger partial charge on any atom is 0.412 e. The first-order valence-corrected chi connectivity index (χ1v) is 6.90. The van der Waals surface area contributed by atoms with Crippen LogP contribution in [0.25, 0.3) is 0 Å². The molecule has 0 aliphatic heterocycles. The predicted molar refractivity (Wildman–Crippen MR) is 78.3 cm³/mol. The normalized spacial score (nSPS) is 16.4. The molecule has 0 radical (unpaired) electrons. The van der Waals surface area contributed by atoms with Crippen molar-refractivity contribution >= 4 is 29.7 Å². The van der Waals surface area contributed by atoms with Crippen LogP contribution in [0.3, 0.4) is 0 Å². The van der Waals surface area contributed by atoms with Crippen molar-refractivity contribution in [3.63, 3.8) is 0 Å². The Balaban J connectivity index is 2.11. The number of ether oxygens (including phenoxy) is 1. The Hall–Kier alpha value is -1.55. The van der Waals surface area contributed by atoms with Crippen LogP contribution in [0.2, 0.25) is 5.02 Å². The van der Waals surface area contributed by atoms with E-state index in [1.54, 1.807) is 32.9 Å². The molecule has 1 fully saturated rings. The molecule has 4 nitrogen and oxygen atoms in total. The summed E-state index contributed by atoms with van der Waals surface area (Å²) in [4.78, 5) is 22.8. The van der Waals surface area contributed by atoms with Crippen LogP contribution in [0.15, 0.2) is 18.2 Å². The predicted octanol–water partition coefficient (Wildman–Crippen LogP) is 3.92. The van der Waals surface area contributed by atoms with Gasteiger partial charge in [-0.25, -0.2) is 4.79 Å². The van der Waals surface area contributed by atoms with Gasteiger partial charge in [0.25, 0.3) is 0 Å². The third-order valence-corrected chi connectivity index (χ3v) is 3.51. The first-order valence-electron chi connectivity index (χ1n) is 6.52.